The average Bonchev–Trinajstić information content (AvgIpc) is 2.87. The number of aliphatic hydroxyl groups excluding tert-OH is 1. The zero-order chi connectivity index (χ0) is 26.2. The number of halogens is 1. The zero-order valence-corrected chi connectivity index (χ0v) is 21.0. The maximum Gasteiger partial charge on any atom is 0.314 e. The number of ether oxygens (including phenoxy) is 1. The Morgan fingerprint density at radius 2 is 1.75 bits per heavy atom. The molecule has 0 heterocycles. The molecule has 1 atom stereocenters. The van der Waals surface area contributed by atoms with Crippen LogP contribution >= 0.6 is 0 Å². The summed E-state index contributed by atoms with van der Waals surface area (Å²) < 4.78 is 42.9. The lowest BCUT2D eigenvalue weighted by Gasteiger charge is -2.12. The molecule has 0 aromatic heterocycles. The van der Waals surface area contributed by atoms with E-state index in [1.165, 1.54) is 18.2 Å². The van der Waals surface area contributed by atoms with Gasteiger partial charge in [0.1, 0.15) is 0 Å². The molecular formula is C25H35FN2O7S. The molecular weight excluding hydrogens is 491 g/mol. The number of nitrogens with one attached hydrogen (secondary N) is 2. The van der Waals surface area contributed by atoms with Crippen LogP contribution < -0.4 is 10.2 Å². The van der Waals surface area contributed by atoms with Crippen molar-refractivity contribution in [2.75, 3.05) is 26.3 Å². The van der Waals surface area contributed by atoms with Crippen molar-refractivity contribution in [3.05, 3.63) is 59.4 Å². The first-order chi connectivity index (χ1) is 17.3. The predicted octanol–water partition coefficient (Wildman–Crippen LogP) is 3.12. The Morgan fingerprint density at radius 3 is 2.53 bits per heavy atom. The number of aryl methyl sites for hydroxylation is 1. The van der Waals surface area contributed by atoms with Crippen molar-refractivity contribution >= 4 is 16.5 Å². The van der Waals surface area contributed by atoms with Crippen molar-refractivity contribution in [3.63, 3.8) is 0 Å². The van der Waals surface area contributed by atoms with Gasteiger partial charge in [0.15, 0.2) is 11.6 Å². The minimum absolute atomic E-state index is 0.00970. The maximum absolute atomic E-state index is 13.3. The first kappa shape index (κ1) is 29.7. The second-order valence-corrected chi connectivity index (χ2v) is 10.0. The number of aromatic hydroxyl groups is 1. The lowest BCUT2D eigenvalue weighted by Crippen LogP contribution is -2.23. The number of rotatable bonds is 19. The first-order valence-electron chi connectivity index (χ1n) is 12.0. The predicted molar refractivity (Wildman–Crippen MR) is 132 cm³/mol. The molecule has 0 aliphatic rings. The van der Waals surface area contributed by atoms with Crippen LogP contribution in [0.25, 0.3) is 0 Å². The summed E-state index contributed by atoms with van der Waals surface area (Å²) in [6.45, 7) is 2.35. The highest BCUT2D eigenvalue weighted by Crippen LogP contribution is 2.20. The molecule has 0 bridgehead atoms. The van der Waals surface area contributed by atoms with Gasteiger partial charge in [-0.2, -0.15) is 0 Å². The standard InChI is InChI=1S/C25H35FN2O7S/c26-23-17-21(11-12-24(23)30)25(31)18-27-13-4-2-1-3-5-14-34-15-7-9-20-8-6-10-22(16-20)36(32,33)28-35-19-29/h6,8,10-12,16-17,19,25,27-28,30-31H,1-5,7,9,13-15,18H2/t25-/m1/s1. The van der Waals surface area contributed by atoms with E-state index < -0.39 is 27.7 Å². The number of benzene rings is 2. The van der Waals surface area contributed by atoms with Crippen molar-refractivity contribution < 1.29 is 37.4 Å². The zero-order valence-electron chi connectivity index (χ0n) is 20.2. The van der Waals surface area contributed by atoms with Gasteiger partial charge in [-0.25, -0.2) is 12.8 Å². The summed E-state index contributed by atoms with van der Waals surface area (Å²) in [5, 5.41) is 22.4. The summed E-state index contributed by atoms with van der Waals surface area (Å²) in [4.78, 5) is 16.1. The smallest absolute Gasteiger partial charge is 0.314 e. The van der Waals surface area contributed by atoms with Gasteiger partial charge in [-0.1, -0.05) is 37.5 Å². The van der Waals surface area contributed by atoms with Gasteiger partial charge in [0.05, 0.1) is 11.0 Å². The maximum atomic E-state index is 13.3. The van der Waals surface area contributed by atoms with Gasteiger partial charge < -0.3 is 25.1 Å². The molecule has 0 aliphatic heterocycles. The van der Waals surface area contributed by atoms with Crippen molar-refractivity contribution in [2.24, 2.45) is 0 Å². The van der Waals surface area contributed by atoms with Crippen LogP contribution in [0.3, 0.4) is 0 Å². The summed E-state index contributed by atoms with van der Waals surface area (Å²) in [6.07, 6.45) is 5.75. The van der Waals surface area contributed by atoms with Gasteiger partial charge in [0, 0.05) is 19.8 Å². The monoisotopic (exact) mass is 526 g/mol. The van der Waals surface area contributed by atoms with Gasteiger partial charge in [-0.3, -0.25) is 4.79 Å². The summed E-state index contributed by atoms with van der Waals surface area (Å²) in [5.74, 6) is -1.17. The Bertz CT molecular complexity index is 1040. The molecule has 0 radical (unpaired) electrons. The van der Waals surface area contributed by atoms with E-state index in [-0.39, 0.29) is 11.4 Å². The number of hydrogen-bond donors (Lipinski definition) is 4. The molecule has 11 heteroatoms. The lowest BCUT2D eigenvalue weighted by molar-refractivity contribution is -0.131. The summed E-state index contributed by atoms with van der Waals surface area (Å²) in [5.41, 5.74) is 1.28. The number of hydrogen-bond acceptors (Lipinski definition) is 8. The SMILES string of the molecule is O=CONS(=O)(=O)c1cccc(CCCOCCCCCCCNC[C@@H](O)c2ccc(O)c(F)c2)c1. The van der Waals surface area contributed by atoms with Crippen molar-refractivity contribution in [1.29, 1.82) is 0 Å². The minimum atomic E-state index is -3.89. The van der Waals surface area contributed by atoms with Crippen molar-refractivity contribution in [1.82, 2.24) is 10.2 Å². The normalized spacial score (nSPS) is 12.4. The fourth-order valence-electron chi connectivity index (χ4n) is 3.55. The van der Waals surface area contributed by atoms with Crippen LogP contribution in [-0.4, -0.2) is 51.4 Å². The van der Waals surface area contributed by atoms with Crippen LogP contribution in [0.15, 0.2) is 47.4 Å². The average molecular weight is 527 g/mol. The summed E-state index contributed by atoms with van der Waals surface area (Å²) in [6, 6.07) is 10.3. The number of aliphatic hydroxyl groups is 1. The van der Waals surface area contributed by atoms with Gasteiger partial charge in [-0.15, -0.1) is 0 Å². The van der Waals surface area contributed by atoms with E-state index in [9.17, 15) is 27.8 Å². The van der Waals surface area contributed by atoms with Crippen LogP contribution in [0.1, 0.15) is 55.8 Å². The summed E-state index contributed by atoms with van der Waals surface area (Å²) in [7, 11) is -3.89. The molecule has 0 saturated heterocycles. The van der Waals surface area contributed by atoms with Crippen LogP contribution in [0.4, 0.5) is 4.39 Å². The molecule has 0 unspecified atom stereocenters. The van der Waals surface area contributed by atoms with Gasteiger partial charge in [0.25, 0.3) is 10.0 Å². The molecule has 0 saturated carbocycles. The number of phenols is 1. The number of carbonyl (C=O) groups excluding carboxylic acids is 1. The topological polar surface area (TPSA) is 134 Å². The highest BCUT2D eigenvalue weighted by Gasteiger charge is 2.14. The Hall–Kier alpha value is -2.57. The number of phenolic OH excluding ortho intramolecular Hbond substituents is 1. The van der Waals surface area contributed by atoms with E-state index in [2.05, 4.69) is 10.2 Å². The number of carbonyl (C=O) groups is 1. The molecule has 2 rings (SSSR count). The molecule has 4 N–H and O–H groups in total. The molecule has 2 aromatic carbocycles. The molecule has 0 aliphatic carbocycles. The van der Waals surface area contributed by atoms with E-state index in [4.69, 9.17) is 4.74 Å². The van der Waals surface area contributed by atoms with Crippen molar-refractivity contribution in [3.8, 4) is 5.75 Å². The molecule has 0 fully saturated rings. The van der Waals surface area contributed by atoms with E-state index in [0.29, 0.717) is 31.7 Å². The van der Waals surface area contributed by atoms with Gasteiger partial charge in [-0.05, 0) is 72.5 Å². The Balaban J connectivity index is 1.45. The quantitative estimate of drug-likeness (QED) is 0.125. The lowest BCUT2D eigenvalue weighted by atomic mass is 10.1. The third-order valence-electron chi connectivity index (χ3n) is 5.51. The molecule has 2 aromatic rings. The molecule has 9 nitrogen and oxygen atoms in total. The number of sulfonamides is 1. The molecule has 200 valence electrons. The van der Waals surface area contributed by atoms with Crippen molar-refractivity contribution in [2.45, 2.75) is 55.9 Å². The fraction of sp³-hybridized carbons (Fsp3) is 0.480. The summed E-state index contributed by atoms with van der Waals surface area (Å²) >= 11 is 0. The van der Waals surface area contributed by atoms with E-state index >= 15 is 0 Å². The molecule has 0 amide bonds. The highest BCUT2D eigenvalue weighted by atomic mass is 32.2. The van der Waals surface area contributed by atoms with Crippen LogP contribution in [0.5, 0.6) is 5.75 Å². The Morgan fingerprint density at radius 1 is 1.00 bits per heavy atom. The number of unbranched alkanes of at least 4 members (excludes halogenated alkanes) is 4. The second-order valence-electron chi connectivity index (χ2n) is 8.36. The molecule has 36 heavy (non-hydrogen) atoms. The van der Waals surface area contributed by atoms with Gasteiger partial charge in [0.2, 0.25) is 0 Å². The second kappa shape index (κ2) is 16.2. The minimum Gasteiger partial charge on any atom is -0.505 e. The third kappa shape index (κ3) is 11.0. The van der Waals surface area contributed by atoms with E-state index in [0.717, 1.165) is 56.7 Å². The third-order valence-corrected chi connectivity index (χ3v) is 6.70. The Labute approximate surface area is 211 Å². The van der Waals surface area contributed by atoms with Crippen LogP contribution in [0, 0.1) is 5.82 Å². The van der Waals surface area contributed by atoms with Crippen LogP contribution in [0.2, 0.25) is 0 Å². The Kier molecular flexibility index (Phi) is 13.4. The van der Waals surface area contributed by atoms with E-state index in [1.807, 2.05) is 6.07 Å². The fourth-order valence-corrected chi connectivity index (χ4v) is 4.38. The largest absolute Gasteiger partial charge is 0.505 e. The first-order valence-corrected chi connectivity index (χ1v) is 13.5. The molecule has 0 spiro atoms. The highest BCUT2D eigenvalue weighted by molar-refractivity contribution is 7.89. The van der Waals surface area contributed by atoms with E-state index in [1.54, 1.807) is 17.0 Å². The van der Waals surface area contributed by atoms with Gasteiger partial charge >= 0.3 is 6.47 Å². The van der Waals surface area contributed by atoms with Crippen LogP contribution in [-0.2, 0) is 30.8 Å².